The van der Waals surface area contributed by atoms with Gasteiger partial charge in [-0.2, -0.15) is 0 Å². The highest BCUT2D eigenvalue weighted by atomic mass is 35.5. The number of amides is 3. The smallest absolute Gasteiger partial charge is 0.315 e. The Morgan fingerprint density at radius 1 is 0.871 bits per heavy atom. The molecular weight excluding hydrogens is 414 g/mol. The van der Waals surface area contributed by atoms with Gasteiger partial charge < -0.3 is 20.4 Å². The number of nitrogens with one attached hydrogen (secondary N) is 2. The Morgan fingerprint density at radius 2 is 1.52 bits per heavy atom. The van der Waals surface area contributed by atoms with Gasteiger partial charge in [0.1, 0.15) is 5.82 Å². The quantitative estimate of drug-likeness (QED) is 0.739. The highest BCUT2D eigenvalue weighted by Gasteiger charge is 2.31. The molecule has 1 aromatic rings. The summed E-state index contributed by atoms with van der Waals surface area (Å²) >= 11 is 5.93. The Bertz CT molecular complexity index is 737. The van der Waals surface area contributed by atoms with Crippen molar-refractivity contribution in [2.75, 3.05) is 31.1 Å². The molecule has 0 unspecified atom stereocenters. The minimum Gasteiger partial charge on any atom is -0.357 e. The third-order valence-corrected chi connectivity index (χ3v) is 7.19. The molecule has 2 saturated heterocycles. The SMILES string of the molecule is O=C(NC1CCCCC1)NC1CCN(C(=O)C2CCN(c3ccc(Cl)cn3)CC2)CC1. The number of nitrogens with zero attached hydrogens (tertiary/aromatic N) is 3. The van der Waals surface area contributed by atoms with Crippen molar-refractivity contribution in [1.82, 2.24) is 20.5 Å². The maximum atomic E-state index is 13.0. The van der Waals surface area contributed by atoms with Gasteiger partial charge in [-0.1, -0.05) is 30.9 Å². The maximum absolute atomic E-state index is 13.0. The van der Waals surface area contributed by atoms with E-state index in [0.29, 0.717) is 11.1 Å². The molecule has 3 fully saturated rings. The maximum Gasteiger partial charge on any atom is 0.315 e. The van der Waals surface area contributed by atoms with Crippen molar-refractivity contribution in [2.24, 2.45) is 5.92 Å². The number of pyridine rings is 1. The molecule has 8 heteroatoms. The second kappa shape index (κ2) is 10.5. The van der Waals surface area contributed by atoms with Crippen molar-refractivity contribution >= 4 is 29.4 Å². The standard InChI is InChI=1S/C23H34ClN5O2/c24-18-6-7-21(25-16-18)28-12-8-17(9-13-28)22(30)29-14-10-20(11-15-29)27-23(31)26-19-4-2-1-3-5-19/h6-7,16-17,19-20H,1-5,8-15H2,(H2,26,27,31). The minimum atomic E-state index is -0.0418. The largest absolute Gasteiger partial charge is 0.357 e. The number of rotatable bonds is 4. The van der Waals surface area contributed by atoms with Crippen LogP contribution in [0.3, 0.4) is 0 Å². The molecule has 0 bridgehead atoms. The van der Waals surface area contributed by atoms with E-state index in [1.54, 1.807) is 6.20 Å². The number of carbonyl (C=O) groups is 2. The monoisotopic (exact) mass is 447 g/mol. The summed E-state index contributed by atoms with van der Waals surface area (Å²) in [6, 6.07) is 4.23. The van der Waals surface area contributed by atoms with E-state index < -0.39 is 0 Å². The van der Waals surface area contributed by atoms with Crippen LogP contribution in [-0.2, 0) is 4.79 Å². The van der Waals surface area contributed by atoms with E-state index in [4.69, 9.17) is 11.6 Å². The van der Waals surface area contributed by atoms with E-state index in [1.807, 2.05) is 17.0 Å². The lowest BCUT2D eigenvalue weighted by Gasteiger charge is -2.38. The summed E-state index contributed by atoms with van der Waals surface area (Å²) in [7, 11) is 0. The van der Waals surface area contributed by atoms with E-state index in [9.17, 15) is 9.59 Å². The Morgan fingerprint density at radius 3 is 2.13 bits per heavy atom. The van der Waals surface area contributed by atoms with Crippen molar-refractivity contribution in [3.05, 3.63) is 23.4 Å². The molecule has 1 aromatic heterocycles. The van der Waals surface area contributed by atoms with Gasteiger partial charge >= 0.3 is 6.03 Å². The Labute approximate surface area is 189 Å². The van der Waals surface area contributed by atoms with Gasteiger partial charge in [0.05, 0.1) is 5.02 Å². The number of carbonyl (C=O) groups excluding carboxylic acids is 2. The average molecular weight is 448 g/mol. The molecule has 0 radical (unpaired) electrons. The Hall–Kier alpha value is -2.02. The molecule has 3 heterocycles. The van der Waals surface area contributed by atoms with Crippen LogP contribution in [0.15, 0.2) is 18.3 Å². The van der Waals surface area contributed by atoms with Crippen molar-refractivity contribution in [1.29, 1.82) is 0 Å². The summed E-state index contributed by atoms with van der Waals surface area (Å²) in [4.78, 5) is 33.9. The molecule has 3 amide bonds. The predicted octanol–water partition coefficient (Wildman–Crippen LogP) is 3.57. The molecule has 4 rings (SSSR count). The zero-order valence-corrected chi connectivity index (χ0v) is 18.9. The first-order valence-electron chi connectivity index (χ1n) is 11.8. The lowest BCUT2D eigenvalue weighted by molar-refractivity contribution is -0.137. The number of urea groups is 1. The molecule has 170 valence electrons. The molecule has 7 nitrogen and oxygen atoms in total. The van der Waals surface area contributed by atoms with E-state index in [2.05, 4.69) is 20.5 Å². The number of halogens is 1. The van der Waals surface area contributed by atoms with Gasteiger partial charge in [-0.15, -0.1) is 0 Å². The fourth-order valence-corrected chi connectivity index (χ4v) is 5.18. The van der Waals surface area contributed by atoms with Crippen molar-refractivity contribution in [2.45, 2.75) is 69.9 Å². The van der Waals surface area contributed by atoms with Crippen LogP contribution in [0.2, 0.25) is 5.02 Å². The zero-order valence-electron chi connectivity index (χ0n) is 18.2. The number of anilines is 1. The van der Waals surface area contributed by atoms with Gasteiger partial charge in [0.25, 0.3) is 0 Å². The van der Waals surface area contributed by atoms with Gasteiger partial charge in [-0.3, -0.25) is 4.79 Å². The molecule has 2 aliphatic heterocycles. The first kappa shape index (κ1) is 22.2. The highest BCUT2D eigenvalue weighted by molar-refractivity contribution is 6.30. The molecular formula is C23H34ClN5O2. The first-order valence-corrected chi connectivity index (χ1v) is 12.2. The van der Waals surface area contributed by atoms with Crippen LogP contribution in [0.1, 0.15) is 57.8 Å². The van der Waals surface area contributed by atoms with Crippen LogP contribution >= 0.6 is 11.6 Å². The average Bonchev–Trinajstić information content (AvgIpc) is 2.80. The second-order valence-electron chi connectivity index (χ2n) is 9.15. The van der Waals surface area contributed by atoms with Gasteiger partial charge in [-0.25, -0.2) is 9.78 Å². The number of hydrogen-bond acceptors (Lipinski definition) is 4. The van der Waals surface area contributed by atoms with Gasteiger partial charge in [0, 0.05) is 50.4 Å². The van der Waals surface area contributed by atoms with Gasteiger partial charge in [0.2, 0.25) is 5.91 Å². The van der Waals surface area contributed by atoms with E-state index in [-0.39, 0.29) is 23.9 Å². The Kier molecular flexibility index (Phi) is 7.54. The molecule has 2 N–H and O–H groups in total. The number of likely N-dealkylation sites (tertiary alicyclic amines) is 1. The van der Waals surface area contributed by atoms with Crippen LogP contribution in [0.25, 0.3) is 0 Å². The predicted molar refractivity (Wildman–Crippen MR) is 122 cm³/mol. The lowest BCUT2D eigenvalue weighted by Crippen LogP contribution is -2.52. The zero-order chi connectivity index (χ0) is 21.6. The number of aromatic nitrogens is 1. The topological polar surface area (TPSA) is 77.6 Å². The van der Waals surface area contributed by atoms with Crippen molar-refractivity contribution in [3.8, 4) is 0 Å². The highest BCUT2D eigenvalue weighted by Crippen LogP contribution is 2.25. The molecule has 0 atom stereocenters. The van der Waals surface area contributed by atoms with Crippen molar-refractivity contribution in [3.63, 3.8) is 0 Å². The van der Waals surface area contributed by atoms with Crippen LogP contribution in [0.5, 0.6) is 0 Å². The molecule has 3 aliphatic rings. The van der Waals surface area contributed by atoms with E-state index >= 15 is 0 Å². The second-order valence-corrected chi connectivity index (χ2v) is 9.58. The van der Waals surface area contributed by atoms with Crippen LogP contribution < -0.4 is 15.5 Å². The van der Waals surface area contributed by atoms with Crippen molar-refractivity contribution < 1.29 is 9.59 Å². The van der Waals surface area contributed by atoms with Crippen LogP contribution in [-0.4, -0.2) is 60.1 Å². The summed E-state index contributed by atoms with van der Waals surface area (Å²) < 4.78 is 0. The third-order valence-electron chi connectivity index (χ3n) is 6.96. The normalized spacial score (nSPS) is 21.7. The summed E-state index contributed by atoms with van der Waals surface area (Å²) in [6.07, 6.45) is 10.9. The summed E-state index contributed by atoms with van der Waals surface area (Å²) in [5.41, 5.74) is 0. The molecule has 0 aromatic carbocycles. The Balaban J connectivity index is 1.17. The summed E-state index contributed by atoms with van der Waals surface area (Å²) in [5, 5.41) is 6.88. The van der Waals surface area contributed by atoms with Gasteiger partial charge in [-0.05, 0) is 50.7 Å². The number of hydrogen-bond donors (Lipinski definition) is 2. The fourth-order valence-electron chi connectivity index (χ4n) is 5.07. The van der Waals surface area contributed by atoms with E-state index in [0.717, 1.165) is 70.5 Å². The first-order chi connectivity index (χ1) is 15.1. The van der Waals surface area contributed by atoms with Crippen LogP contribution in [0, 0.1) is 5.92 Å². The third kappa shape index (κ3) is 6.03. The lowest BCUT2D eigenvalue weighted by atomic mass is 9.93. The van der Waals surface area contributed by atoms with Crippen LogP contribution in [0.4, 0.5) is 10.6 Å². The summed E-state index contributed by atoms with van der Waals surface area (Å²) in [5.74, 6) is 1.28. The fraction of sp³-hybridized carbons (Fsp3) is 0.696. The molecule has 1 aliphatic carbocycles. The minimum absolute atomic E-state index is 0.0418. The van der Waals surface area contributed by atoms with Gasteiger partial charge in [0.15, 0.2) is 0 Å². The van der Waals surface area contributed by atoms with E-state index in [1.165, 1.54) is 19.3 Å². The molecule has 31 heavy (non-hydrogen) atoms. The summed E-state index contributed by atoms with van der Waals surface area (Å²) in [6.45, 7) is 3.13. The molecule has 1 saturated carbocycles. The number of piperidine rings is 2. The molecule has 0 spiro atoms.